The van der Waals surface area contributed by atoms with E-state index in [4.69, 9.17) is 4.74 Å². The molecule has 1 aromatic heterocycles. The number of methoxy groups -OCH3 is 1. The number of ether oxygens (including phenoxy) is 1. The number of pyridine rings is 1. The maximum Gasteiger partial charge on any atom is 0.141 e. The molecule has 1 N–H and O–H groups in total. The molecule has 82 valence electrons. The van der Waals surface area contributed by atoms with Crippen molar-refractivity contribution < 1.29 is 4.74 Å². The lowest BCUT2D eigenvalue weighted by Gasteiger charge is -2.14. The Morgan fingerprint density at radius 2 is 2.47 bits per heavy atom. The van der Waals surface area contributed by atoms with E-state index in [-0.39, 0.29) is 0 Å². The monoisotopic (exact) mass is 270 g/mol. The summed E-state index contributed by atoms with van der Waals surface area (Å²) in [5, 5.41) is 3.49. The molecule has 0 aromatic carbocycles. The fraction of sp³-hybridized carbons (Fsp3) is 0.545. The molecule has 1 atom stereocenters. The van der Waals surface area contributed by atoms with Gasteiger partial charge in [0.1, 0.15) is 5.75 Å². The van der Waals surface area contributed by atoms with Crippen molar-refractivity contribution in [2.75, 3.05) is 13.7 Å². The van der Waals surface area contributed by atoms with Crippen LogP contribution in [0.15, 0.2) is 16.9 Å². The third-order valence-electron chi connectivity index (χ3n) is 2.80. The van der Waals surface area contributed by atoms with Gasteiger partial charge in [0.05, 0.1) is 13.3 Å². The highest BCUT2D eigenvalue weighted by Gasteiger charge is 2.18. The molecule has 1 saturated heterocycles. The topological polar surface area (TPSA) is 34.1 Å². The van der Waals surface area contributed by atoms with Gasteiger partial charge in [-0.2, -0.15) is 0 Å². The lowest BCUT2D eigenvalue weighted by molar-refractivity contribution is 0.404. The molecule has 15 heavy (non-hydrogen) atoms. The summed E-state index contributed by atoms with van der Waals surface area (Å²) >= 11 is 3.52. The number of hydrogen-bond donors (Lipinski definition) is 1. The van der Waals surface area contributed by atoms with Crippen LogP contribution in [0, 0.1) is 0 Å². The first kappa shape index (κ1) is 10.9. The Balaban J connectivity index is 2.17. The molecular formula is C11H15BrN2O. The summed E-state index contributed by atoms with van der Waals surface area (Å²) in [4.78, 5) is 4.10. The van der Waals surface area contributed by atoms with Gasteiger partial charge in [-0.1, -0.05) is 0 Å². The van der Waals surface area contributed by atoms with E-state index in [1.807, 2.05) is 6.20 Å². The van der Waals surface area contributed by atoms with Crippen molar-refractivity contribution in [1.29, 1.82) is 0 Å². The van der Waals surface area contributed by atoms with Gasteiger partial charge < -0.3 is 10.1 Å². The molecule has 2 rings (SSSR count). The van der Waals surface area contributed by atoms with E-state index in [0.717, 1.165) is 23.2 Å². The number of hydrogen-bond acceptors (Lipinski definition) is 3. The molecular weight excluding hydrogens is 256 g/mol. The average molecular weight is 271 g/mol. The molecule has 1 fully saturated rings. The molecule has 1 unspecified atom stereocenters. The van der Waals surface area contributed by atoms with Crippen LogP contribution in [0.4, 0.5) is 0 Å². The van der Waals surface area contributed by atoms with Crippen molar-refractivity contribution >= 4 is 15.9 Å². The van der Waals surface area contributed by atoms with E-state index in [9.17, 15) is 0 Å². The zero-order valence-electron chi connectivity index (χ0n) is 8.79. The first-order valence-corrected chi connectivity index (χ1v) is 6.00. The predicted molar refractivity (Wildman–Crippen MR) is 63.2 cm³/mol. The fourth-order valence-electron chi connectivity index (χ4n) is 2.00. The second-order valence-corrected chi connectivity index (χ2v) is 4.65. The van der Waals surface area contributed by atoms with Crippen LogP contribution < -0.4 is 10.1 Å². The number of nitrogens with one attached hydrogen (secondary N) is 1. The number of halogens is 1. The normalized spacial score (nSPS) is 20.5. The molecule has 1 aliphatic heterocycles. The van der Waals surface area contributed by atoms with Crippen molar-refractivity contribution in [3.8, 4) is 5.75 Å². The van der Waals surface area contributed by atoms with E-state index in [0.29, 0.717) is 6.04 Å². The van der Waals surface area contributed by atoms with Crippen LogP contribution in [0.1, 0.15) is 18.4 Å². The Kier molecular flexibility index (Phi) is 3.59. The van der Waals surface area contributed by atoms with Gasteiger partial charge in [0.2, 0.25) is 0 Å². The van der Waals surface area contributed by atoms with E-state index in [2.05, 4.69) is 26.2 Å². The third-order valence-corrected chi connectivity index (χ3v) is 3.48. The largest absolute Gasteiger partial charge is 0.495 e. The smallest absolute Gasteiger partial charge is 0.141 e. The quantitative estimate of drug-likeness (QED) is 0.914. The standard InChI is InChI=1S/C11H15BrN2O/c1-15-11-7-13-6-10(12)9(11)5-8-3-2-4-14-8/h6-8,14H,2-5H2,1H3. The van der Waals surface area contributed by atoms with Crippen LogP contribution in [-0.4, -0.2) is 24.7 Å². The van der Waals surface area contributed by atoms with E-state index < -0.39 is 0 Å². The summed E-state index contributed by atoms with van der Waals surface area (Å²) in [6, 6.07) is 0.581. The predicted octanol–water partition coefficient (Wildman–Crippen LogP) is 2.15. The fourth-order valence-corrected chi connectivity index (χ4v) is 2.47. The van der Waals surface area contributed by atoms with Crippen molar-refractivity contribution in [3.63, 3.8) is 0 Å². The zero-order chi connectivity index (χ0) is 10.7. The van der Waals surface area contributed by atoms with Crippen LogP contribution in [-0.2, 0) is 6.42 Å². The summed E-state index contributed by atoms with van der Waals surface area (Å²) in [6.07, 6.45) is 7.13. The van der Waals surface area contributed by atoms with Gasteiger partial charge in [0.25, 0.3) is 0 Å². The molecule has 0 amide bonds. The first-order valence-electron chi connectivity index (χ1n) is 5.21. The van der Waals surface area contributed by atoms with Gasteiger partial charge in [-0.25, -0.2) is 0 Å². The highest BCUT2D eigenvalue weighted by Crippen LogP contribution is 2.27. The summed E-state index contributed by atoms with van der Waals surface area (Å²) in [5.74, 6) is 0.873. The van der Waals surface area contributed by atoms with Gasteiger partial charge in [-0.3, -0.25) is 4.98 Å². The van der Waals surface area contributed by atoms with Crippen molar-refractivity contribution in [2.45, 2.75) is 25.3 Å². The number of nitrogens with zero attached hydrogens (tertiary/aromatic N) is 1. The number of aromatic nitrogens is 1. The van der Waals surface area contributed by atoms with Crippen molar-refractivity contribution in [2.24, 2.45) is 0 Å². The summed E-state index contributed by atoms with van der Waals surface area (Å²) in [5.41, 5.74) is 1.21. The molecule has 0 aliphatic carbocycles. The molecule has 4 heteroatoms. The second-order valence-electron chi connectivity index (χ2n) is 3.80. The molecule has 1 aliphatic rings. The molecule has 0 spiro atoms. The maximum atomic E-state index is 5.32. The molecule has 0 saturated carbocycles. The average Bonchev–Trinajstić information content (AvgIpc) is 2.74. The van der Waals surface area contributed by atoms with E-state index in [1.165, 1.54) is 18.4 Å². The highest BCUT2D eigenvalue weighted by atomic mass is 79.9. The molecule has 1 aromatic rings. The Labute approximate surface area is 98.4 Å². The zero-order valence-corrected chi connectivity index (χ0v) is 10.4. The minimum absolute atomic E-state index is 0.581. The first-order chi connectivity index (χ1) is 7.31. The Morgan fingerprint density at radius 1 is 1.60 bits per heavy atom. The molecule has 0 bridgehead atoms. The molecule has 0 radical (unpaired) electrons. The lowest BCUT2D eigenvalue weighted by Crippen LogP contribution is -2.24. The van der Waals surface area contributed by atoms with Crippen LogP contribution in [0.5, 0.6) is 5.75 Å². The van der Waals surface area contributed by atoms with Crippen LogP contribution in [0.25, 0.3) is 0 Å². The van der Waals surface area contributed by atoms with Crippen LogP contribution >= 0.6 is 15.9 Å². The van der Waals surface area contributed by atoms with Crippen LogP contribution in [0.2, 0.25) is 0 Å². The van der Waals surface area contributed by atoms with Gasteiger partial charge in [0.15, 0.2) is 0 Å². The van der Waals surface area contributed by atoms with Gasteiger partial charge >= 0.3 is 0 Å². The summed E-state index contributed by atoms with van der Waals surface area (Å²) < 4.78 is 6.35. The van der Waals surface area contributed by atoms with Gasteiger partial charge in [-0.05, 0) is 41.7 Å². The Hall–Kier alpha value is -0.610. The van der Waals surface area contributed by atoms with Crippen molar-refractivity contribution in [1.82, 2.24) is 10.3 Å². The van der Waals surface area contributed by atoms with E-state index >= 15 is 0 Å². The number of rotatable bonds is 3. The van der Waals surface area contributed by atoms with Gasteiger partial charge in [-0.15, -0.1) is 0 Å². The maximum absolute atomic E-state index is 5.32. The second kappa shape index (κ2) is 4.94. The molecule has 3 nitrogen and oxygen atoms in total. The lowest BCUT2D eigenvalue weighted by atomic mass is 10.1. The van der Waals surface area contributed by atoms with Gasteiger partial charge in [0, 0.05) is 22.3 Å². The van der Waals surface area contributed by atoms with E-state index in [1.54, 1.807) is 13.3 Å². The minimum Gasteiger partial charge on any atom is -0.495 e. The third kappa shape index (κ3) is 2.49. The molecule has 2 heterocycles. The Bertz CT molecular complexity index is 337. The minimum atomic E-state index is 0.581. The SMILES string of the molecule is COc1cncc(Br)c1CC1CCCN1. The van der Waals surface area contributed by atoms with Crippen molar-refractivity contribution in [3.05, 3.63) is 22.4 Å². The summed E-state index contributed by atoms with van der Waals surface area (Å²) in [7, 11) is 1.69. The van der Waals surface area contributed by atoms with Crippen LogP contribution in [0.3, 0.4) is 0 Å². The highest BCUT2D eigenvalue weighted by molar-refractivity contribution is 9.10. The summed E-state index contributed by atoms with van der Waals surface area (Å²) in [6.45, 7) is 1.13. The Morgan fingerprint density at radius 3 is 3.13 bits per heavy atom.